The van der Waals surface area contributed by atoms with Gasteiger partial charge in [-0.3, -0.25) is 0 Å². The first kappa shape index (κ1) is 13.3. The van der Waals surface area contributed by atoms with E-state index in [9.17, 15) is 8.42 Å². The lowest BCUT2D eigenvalue weighted by Crippen LogP contribution is -2.14. The Labute approximate surface area is 119 Å². The Morgan fingerprint density at radius 1 is 0.950 bits per heavy atom. The molecule has 2 unspecified atom stereocenters. The van der Waals surface area contributed by atoms with Gasteiger partial charge in [0.2, 0.25) is 10.0 Å². The maximum atomic E-state index is 12.6. The summed E-state index contributed by atoms with van der Waals surface area (Å²) in [5.41, 5.74) is 2.11. The first-order valence-corrected chi connectivity index (χ1v) is 8.11. The summed E-state index contributed by atoms with van der Waals surface area (Å²) in [5, 5.41) is 0. The molecular weight excluding hydrogens is 270 g/mol. The van der Waals surface area contributed by atoms with E-state index in [1.54, 1.807) is 16.4 Å². The molecule has 20 heavy (non-hydrogen) atoms. The Balaban J connectivity index is 1.92. The van der Waals surface area contributed by atoms with Crippen LogP contribution in [0.3, 0.4) is 0 Å². The van der Waals surface area contributed by atoms with Gasteiger partial charge in [-0.1, -0.05) is 48.0 Å². The molecule has 1 aliphatic rings. The molecule has 2 aromatic carbocycles. The Kier molecular flexibility index (Phi) is 3.15. The van der Waals surface area contributed by atoms with Gasteiger partial charge in [-0.05, 0) is 31.5 Å². The van der Waals surface area contributed by atoms with Gasteiger partial charge in [0.1, 0.15) is 0 Å². The van der Waals surface area contributed by atoms with Crippen molar-refractivity contribution in [3.63, 3.8) is 0 Å². The molecule has 0 saturated carbocycles. The van der Waals surface area contributed by atoms with Crippen LogP contribution in [0.5, 0.6) is 0 Å². The van der Waals surface area contributed by atoms with Gasteiger partial charge in [0.05, 0.1) is 10.9 Å². The third-order valence-corrected chi connectivity index (χ3v) is 5.76. The van der Waals surface area contributed by atoms with Crippen molar-refractivity contribution in [2.24, 2.45) is 0 Å². The number of nitrogens with zero attached hydrogens (tertiary/aromatic N) is 1. The maximum Gasteiger partial charge on any atom is 0.243 e. The van der Waals surface area contributed by atoms with Crippen LogP contribution >= 0.6 is 0 Å². The maximum absolute atomic E-state index is 12.6. The van der Waals surface area contributed by atoms with E-state index in [1.807, 2.05) is 56.3 Å². The zero-order valence-corrected chi connectivity index (χ0v) is 12.3. The molecule has 1 heterocycles. The molecule has 3 atom stereocenters. The number of rotatable bonds is 3. The Hall–Kier alpha value is -1.65. The van der Waals surface area contributed by atoms with Gasteiger partial charge in [0, 0.05) is 6.04 Å². The van der Waals surface area contributed by atoms with Crippen molar-refractivity contribution < 1.29 is 8.42 Å². The highest BCUT2D eigenvalue weighted by molar-refractivity contribution is 7.89. The van der Waals surface area contributed by atoms with Crippen LogP contribution in [-0.4, -0.2) is 18.8 Å². The van der Waals surface area contributed by atoms with Crippen LogP contribution in [0.1, 0.15) is 24.1 Å². The summed E-state index contributed by atoms with van der Waals surface area (Å²) < 4.78 is 26.8. The third-order valence-electron chi connectivity index (χ3n) is 3.78. The average Bonchev–Trinajstić information content (AvgIpc) is 3.13. The molecule has 3 nitrogen and oxygen atoms in total. The Morgan fingerprint density at radius 3 is 2.15 bits per heavy atom. The smallest absolute Gasteiger partial charge is 0.207 e. The van der Waals surface area contributed by atoms with Crippen molar-refractivity contribution in [2.45, 2.75) is 30.8 Å². The standard InChI is InChI=1S/C16H17NO2S/c1-12-8-10-15(11-9-12)20(18,19)17-13(2)16(17)14-6-4-3-5-7-14/h3-11,13,16H,1-2H3/t13?,16-,17?/m0/s1. The predicted octanol–water partition coefficient (Wildman–Crippen LogP) is 3.13. The molecule has 0 aliphatic carbocycles. The van der Waals surface area contributed by atoms with Crippen LogP contribution in [0.25, 0.3) is 0 Å². The molecule has 0 amide bonds. The van der Waals surface area contributed by atoms with E-state index in [4.69, 9.17) is 0 Å². The highest BCUT2D eigenvalue weighted by atomic mass is 32.2. The van der Waals surface area contributed by atoms with Gasteiger partial charge in [0.25, 0.3) is 0 Å². The fraction of sp³-hybridized carbons (Fsp3) is 0.250. The van der Waals surface area contributed by atoms with E-state index in [1.165, 1.54) is 0 Å². The van der Waals surface area contributed by atoms with E-state index >= 15 is 0 Å². The summed E-state index contributed by atoms with van der Waals surface area (Å²) in [7, 11) is -3.40. The Bertz CT molecular complexity index is 708. The van der Waals surface area contributed by atoms with Crippen LogP contribution in [0, 0.1) is 6.92 Å². The van der Waals surface area contributed by atoms with Gasteiger partial charge >= 0.3 is 0 Å². The summed E-state index contributed by atoms with van der Waals surface area (Å²) in [6, 6.07) is 16.8. The summed E-state index contributed by atoms with van der Waals surface area (Å²) in [4.78, 5) is 0.369. The second kappa shape index (κ2) is 4.72. The number of benzene rings is 2. The minimum Gasteiger partial charge on any atom is -0.207 e. The molecule has 0 bridgehead atoms. The number of aryl methyl sites for hydroxylation is 1. The fourth-order valence-corrected chi connectivity index (χ4v) is 4.42. The minimum absolute atomic E-state index is 0.0173. The quantitative estimate of drug-likeness (QED) is 0.813. The lowest BCUT2D eigenvalue weighted by Gasteiger charge is -2.07. The molecule has 0 aromatic heterocycles. The van der Waals surface area contributed by atoms with Gasteiger partial charge in [-0.2, -0.15) is 4.31 Å². The number of hydrogen-bond acceptors (Lipinski definition) is 2. The summed E-state index contributed by atoms with van der Waals surface area (Å²) in [6.07, 6.45) is 0. The zero-order chi connectivity index (χ0) is 14.3. The molecule has 0 spiro atoms. The van der Waals surface area contributed by atoms with Crippen molar-refractivity contribution in [3.8, 4) is 0 Å². The van der Waals surface area contributed by atoms with E-state index in [-0.39, 0.29) is 12.1 Å². The fourth-order valence-electron chi connectivity index (χ4n) is 2.60. The molecule has 0 radical (unpaired) electrons. The van der Waals surface area contributed by atoms with E-state index in [0.717, 1.165) is 11.1 Å². The molecular formula is C16H17NO2S. The largest absolute Gasteiger partial charge is 0.243 e. The lowest BCUT2D eigenvalue weighted by atomic mass is 10.1. The Morgan fingerprint density at radius 2 is 1.55 bits per heavy atom. The van der Waals surface area contributed by atoms with Crippen molar-refractivity contribution in [3.05, 3.63) is 65.7 Å². The lowest BCUT2D eigenvalue weighted by molar-refractivity contribution is 0.548. The minimum atomic E-state index is -3.40. The van der Waals surface area contributed by atoms with Gasteiger partial charge in [0.15, 0.2) is 0 Å². The molecule has 0 N–H and O–H groups in total. The van der Waals surface area contributed by atoms with E-state index < -0.39 is 10.0 Å². The van der Waals surface area contributed by atoms with E-state index in [0.29, 0.717) is 4.90 Å². The highest BCUT2D eigenvalue weighted by Gasteiger charge is 2.53. The monoisotopic (exact) mass is 287 g/mol. The van der Waals surface area contributed by atoms with Gasteiger partial charge < -0.3 is 0 Å². The third kappa shape index (κ3) is 2.15. The SMILES string of the molecule is Cc1ccc(S(=O)(=O)N2C(C)[C@H]2c2ccccc2)cc1. The summed E-state index contributed by atoms with van der Waals surface area (Å²) >= 11 is 0. The second-order valence-electron chi connectivity index (χ2n) is 5.24. The molecule has 1 saturated heterocycles. The van der Waals surface area contributed by atoms with Crippen molar-refractivity contribution in [1.29, 1.82) is 0 Å². The van der Waals surface area contributed by atoms with Gasteiger partial charge in [-0.25, -0.2) is 8.42 Å². The van der Waals surface area contributed by atoms with Crippen molar-refractivity contribution in [2.75, 3.05) is 0 Å². The molecule has 4 heteroatoms. The van der Waals surface area contributed by atoms with Crippen LogP contribution in [-0.2, 0) is 10.0 Å². The molecule has 2 aromatic rings. The predicted molar refractivity (Wildman–Crippen MR) is 78.8 cm³/mol. The highest BCUT2D eigenvalue weighted by Crippen LogP contribution is 2.47. The van der Waals surface area contributed by atoms with Crippen LogP contribution in [0.15, 0.2) is 59.5 Å². The van der Waals surface area contributed by atoms with Crippen molar-refractivity contribution in [1.82, 2.24) is 4.31 Å². The summed E-state index contributed by atoms with van der Waals surface area (Å²) in [6.45, 7) is 3.90. The first-order valence-electron chi connectivity index (χ1n) is 6.67. The topological polar surface area (TPSA) is 37.1 Å². The summed E-state index contributed by atoms with van der Waals surface area (Å²) in [5.74, 6) is 0. The normalized spacial score (nSPS) is 25.4. The number of sulfonamides is 1. The average molecular weight is 287 g/mol. The van der Waals surface area contributed by atoms with Gasteiger partial charge in [-0.15, -0.1) is 0 Å². The molecule has 1 aliphatic heterocycles. The zero-order valence-electron chi connectivity index (χ0n) is 11.5. The van der Waals surface area contributed by atoms with Crippen LogP contribution in [0.4, 0.5) is 0 Å². The molecule has 1 fully saturated rings. The molecule has 104 valence electrons. The number of hydrogen-bond donors (Lipinski definition) is 0. The van der Waals surface area contributed by atoms with Crippen LogP contribution in [0.2, 0.25) is 0 Å². The van der Waals surface area contributed by atoms with E-state index in [2.05, 4.69) is 0 Å². The van der Waals surface area contributed by atoms with Crippen molar-refractivity contribution >= 4 is 10.0 Å². The first-order chi connectivity index (χ1) is 9.51. The second-order valence-corrected chi connectivity index (χ2v) is 7.09. The van der Waals surface area contributed by atoms with Crippen LogP contribution < -0.4 is 0 Å². The molecule has 3 rings (SSSR count).